The number of allylic oxidation sites excluding steroid dienone is 1. The smallest absolute Gasteiger partial charge is 0.120 e. The molecule has 0 aliphatic carbocycles. The molecule has 0 heterocycles. The van der Waals surface area contributed by atoms with Crippen LogP contribution < -0.4 is 4.74 Å². The zero-order valence-electron chi connectivity index (χ0n) is 16.6. The van der Waals surface area contributed by atoms with Crippen molar-refractivity contribution in [1.29, 1.82) is 0 Å². The van der Waals surface area contributed by atoms with Crippen LogP contribution in [0.25, 0.3) is 0 Å². The summed E-state index contributed by atoms with van der Waals surface area (Å²) < 4.78 is 5.90. The molecule has 0 saturated carbocycles. The van der Waals surface area contributed by atoms with Crippen LogP contribution >= 0.6 is 11.6 Å². The summed E-state index contributed by atoms with van der Waals surface area (Å²) in [5, 5.41) is 0.728. The highest BCUT2D eigenvalue weighted by Crippen LogP contribution is 2.18. The van der Waals surface area contributed by atoms with E-state index in [1.165, 1.54) is 5.56 Å². The lowest BCUT2D eigenvalue weighted by Crippen LogP contribution is -2.17. The SMILES string of the molecule is CN(C/C=C/C#CC(C)(C)C)Cc1cccc(OCc2cccc(Cl)c2)c1. The zero-order valence-corrected chi connectivity index (χ0v) is 17.4. The van der Waals surface area contributed by atoms with Gasteiger partial charge in [-0.1, -0.05) is 53.8 Å². The summed E-state index contributed by atoms with van der Waals surface area (Å²) in [5.41, 5.74) is 2.32. The van der Waals surface area contributed by atoms with Crippen LogP contribution in [0.3, 0.4) is 0 Å². The summed E-state index contributed by atoms with van der Waals surface area (Å²) in [6, 6.07) is 16.0. The van der Waals surface area contributed by atoms with Gasteiger partial charge in [0, 0.05) is 23.5 Å². The summed E-state index contributed by atoms with van der Waals surface area (Å²) in [6.45, 7) is 8.55. The van der Waals surface area contributed by atoms with Gasteiger partial charge in [0.1, 0.15) is 12.4 Å². The largest absolute Gasteiger partial charge is 0.489 e. The maximum absolute atomic E-state index is 6.02. The average molecular weight is 382 g/mol. The Balaban J connectivity index is 1.85. The molecule has 0 aromatic heterocycles. The van der Waals surface area contributed by atoms with Crippen LogP contribution in [0.15, 0.2) is 60.7 Å². The third kappa shape index (κ3) is 8.82. The van der Waals surface area contributed by atoms with Gasteiger partial charge < -0.3 is 4.74 Å². The molecule has 0 N–H and O–H groups in total. The van der Waals surface area contributed by atoms with E-state index in [4.69, 9.17) is 16.3 Å². The van der Waals surface area contributed by atoms with Crippen LogP contribution in [0.2, 0.25) is 5.02 Å². The summed E-state index contributed by atoms with van der Waals surface area (Å²) in [6.07, 6.45) is 4.03. The van der Waals surface area contributed by atoms with Gasteiger partial charge in [0.25, 0.3) is 0 Å². The van der Waals surface area contributed by atoms with E-state index in [9.17, 15) is 0 Å². The zero-order chi connectivity index (χ0) is 19.7. The van der Waals surface area contributed by atoms with E-state index < -0.39 is 0 Å². The maximum Gasteiger partial charge on any atom is 0.120 e. The van der Waals surface area contributed by atoms with Crippen molar-refractivity contribution in [3.8, 4) is 17.6 Å². The van der Waals surface area contributed by atoms with Gasteiger partial charge in [-0.15, -0.1) is 0 Å². The summed E-state index contributed by atoms with van der Waals surface area (Å²) in [7, 11) is 2.10. The Hall–Kier alpha value is -2.21. The van der Waals surface area contributed by atoms with Gasteiger partial charge in [-0.05, 0) is 69.3 Å². The Bertz CT molecular complexity index is 824. The minimum absolute atomic E-state index is 0.0434. The highest BCUT2D eigenvalue weighted by Gasteiger charge is 2.03. The summed E-state index contributed by atoms with van der Waals surface area (Å²) in [5.74, 6) is 7.17. The minimum Gasteiger partial charge on any atom is -0.489 e. The van der Waals surface area contributed by atoms with Gasteiger partial charge in [0.05, 0.1) is 0 Å². The normalized spacial score (nSPS) is 11.5. The van der Waals surface area contributed by atoms with Crippen molar-refractivity contribution in [1.82, 2.24) is 4.90 Å². The fraction of sp³-hybridized carbons (Fsp3) is 0.333. The van der Waals surface area contributed by atoms with Gasteiger partial charge in [0.2, 0.25) is 0 Å². The van der Waals surface area contributed by atoms with Crippen molar-refractivity contribution in [3.05, 3.63) is 76.8 Å². The first-order valence-electron chi connectivity index (χ1n) is 9.14. The number of nitrogens with zero attached hydrogens (tertiary/aromatic N) is 1. The summed E-state index contributed by atoms with van der Waals surface area (Å²) in [4.78, 5) is 2.24. The second-order valence-electron chi connectivity index (χ2n) is 7.68. The Morgan fingerprint density at radius 3 is 2.56 bits per heavy atom. The quantitative estimate of drug-likeness (QED) is 0.549. The number of ether oxygens (including phenoxy) is 1. The van der Waals surface area contributed by atoms with E-state index in [1.54, 1.807) is 0 Å². The van der Waals surface area contributed by atoms with E-state index >= 15 is 0 Å². The summed E-state index contributed by atoms with van der Waals surface area (Å²) >= 11 is 6.02. The first-order valence-corrected chi connectivity index (χ1v) is 9.52. The van der Waals surface area contributed by atoms with Crippen LogP contribution in [-0.4, -0.2) is 18.5 Å². The second kappa shape index (κ2) is 10.2. The molecule has 0 aliphatic heterocycles. The molecule has 0 bridgehead atoms. The standard InChI is InChI=1S/C24H28ClNO/c1-24(2,3)14-6-5-7-15-26(4)18-20-10-9-13-23(17-20)27-19-21-11-8-12-22(25)16-21/h5,7-13,16-17H,15,18-19H2,1-4H3/b7-5+. The molecule has 0 saturated heterocycles. The number of rotatable bonds is 7. The highest BCUT2D eigenvalue weighted by atomic mass is 35.5. The van der Waals surface area contributed by atoms with Crippen molar-refractivity contribution >= 4 is 11.6 Å². The second-order valence-corrected chi connectivity index (χ2v) is 8.12. The number of benzene rings is 2. The van der Waals surface area contributed by atoms with Crippen molar-refractivity contribution in [2.45, 2.75) is 33.9 Å². The molecule has 3 heteroatoms. The first-order chi connectivity index (χ1) is 12.8. The predicted octanol–water partition coefficient (Wildman–Crippen LogP) is 5.96. The predicted molar refractivity (Wildman–Crippen MR) is 115 cm³/mol. The highest BCUT2D eigenvalue weighted by molar-refractivity contribution is 6.30. The number of hydrogen-bond donors (Lipinski definition) is 0. The number of likely N-dealkylation sites (N-methyl/N-ethyl adjacent to an activating group) is 1. The Morgan fingerprint density at radius 1 is 1.07 bits per heavy atom. The molecule has 2 rings (SSSR count). The van der Waals surface area contributed by atoms with Crippen LogP contribution in [0, 0.1) is 17.3 Å². The molecular formula is C24H28ClNO. The third-order valence-corrected chi connectivity index (χ3v) is 3.95. The minimum atomic E-state index is 0.0434. The topological polar surface area (TPSA) is 12.5 Å². The van der Waals surface area contributed by atoms with E-state index in [2.05, 4.69) is 62.8 Å². The molecule has 0 amide bonds. The molecule has 142 valence electrons. The Morgan fingerprint density at radius 2 is 1.81 bits per heavy atom. The van der Waals surface area contributed by atoms with Crippen LogP contribution in [0.4, 0.5) is 0 Å². The molecule has 0 atom stereocenters. The fourth-order valence-electron chi connectivity index (χ4n) is 2.45. The molecule has 0 unspecified atom stereocenters. The molecule has 0 spiro atoms. The molecule has 0 aliphatic rings. The van der Waals surface area contributed by atoms with Crippen molar-refractivity contribution in [3.63, 3.8) is 0 Å². The maximum atomic E-state index is 6.02. The molecular weight excluding hydrogens is 354 g/mol. The van der Waals surface area contributed by atoms with Crippen molar-refractivity contribution in [2.24, 2.45) is 5.41 Å². The van der Waals surface area contributed by atoms with Gasteiger partial charge in [-0.25, -0.2) is 0 Å². The van der Waals surface area contributed by atoms with E-state index in [0.717, 1.165) is 29.4 Å². The van der Waals surface area contributed by atoms with Gasteiger partial charge in [-0.3, -0.25) is 4.90 Å². The van der Waals surface area contributed by atoms with Gasteiger partial charge >= 0.3 is 0 Å². The fourth-order valence-corrected chi connectivity index (χ4v) is 2.67. The molecule has 0 fully saturated rings. The average Bonchev–Trinajstić information content (AvgIpc) is 2.59. The van der Waals surface area contributed by atoms with Crippen LogP contribution in [-0.2, 0) is 13.2 Å². The lowest BCUT2D eigenvalue weighted by molar-refractivity contribution is 0.304. The Labute approximate surface area is 168 Å². The van der Waals surface area contributed by atoms with Crippen molar-refractivity contribution < 1.29 is 4.74 Å². The molecule has 2 aromatic carbocycles. The molecule has 27 heavy (non-hydrogen) atoms. The van der Waals surface area contributed by atoms with Crippen LogP contribution in [0.1, 0.15) is 31.9 Å². The van der Waals surface area contributed by atoms with E-state index in [-0.39, 0.29) is 5.41 Å². The Kier molecular flexibility index (Phi) is 7.98. The van der Waals surface area contributed by atoms with Gasteiger partial charge in [0.15, 0.2) is 0 Å². The van der Waals surface area contributed by atoms with Crippen molar-refractivity contribution in [2.75, 3.05) is 13.6 Å². The van der Waals surface area contributed by atoms with Gasteiger partial charge in [-0.2, -0.15) is 0 Å². The molecule has 2 nitrogen and oxygen atoms in total. The van der Waals surface area contributed by atoms with E-state index in [1.807, 2.05) is 42.5 Å². The molecule has 2 aromatic rings. The lowest BCUT2D eigenvalue weighted by Gasteiger charge is -2.15. The monoisotopic (exact) mass is 381 g/mol. The first kappa shape index (κ1) is 21.1. The molecule has 0 radical (unpaired) electrons. The lowest BCUT2D eigenvalue weighted by atomic mass is 9.98. The number of halogens is 1. The number of hydrogen-bond acceptors (Lipinski definition) is 2. The third-order valence-electron chi connectivity index (χ3n) is 3.71. The van der Waals surface area contributed by atoms with Crippen LogP contribution in [0.5, 0.6) is 5.75 Å². The van der Waals surface area contributed by atoms with E-state index in [0.29, 0.717) is 6.61 Å².